The number of hydrogen-bond acceptors (Lipinski definition) is 4. The van der Waals surface area contributed by atoms with Crippen molar-refractivity contribution in [1.82, 2.24) is 9.97 Å². The Balaban J connectivity index is 1.82. The Labute approximate surface area is 111 Å². The first-order chi connectivity index (χ1) is 9.29. The summed E-state index contributed by atoms with van der Waals surface area (Å²) in [5.74, 6) is 0.783. The summed E-state index contributed by atoms with van der Waals surface area (Å²) in [6.45, 7) is 2.38. The molecule has 1 heterocycles. The van der Waals surface area contributed by atoms with Crippen LogP contribution in [0.2, 0.25) is 0 Å². The Hall–Kier alpha value is -2.30. The van der Waals surface area contributed by atoms with Crippen LogP contribution in [-0.4, -0.2) is 27.5 Å². The summed E-state index contributed by atoms with van der Waals surface area (Å²) in [5, 5.41) is 11.9. The van der Waals surface area contributed by atoms with Crippen molar-refractivity contribution in [2.45, 2.75) is 19.8 Å². The van der Waals surface area contributed by atoms with Crippen LogP contribution in [0.3, 0.4) is 0 Å². The lowest BCUT2D eigenvalue weighted by Crippen LogP contribution is -2.01. The lowest BCUT2D eigenvalue weighted by atomic mass is 10.1. The van der Waals surface area contributed by atoms with Crippen LogP contribution in [0.5, 0.6) is 5.75 Å². The molecule has 5 nitrogen and oxygen atoms in total. The van der Waals surface area contributed by atoms with Crippen molar-refractivity contribution < 1.29 is 9.94 Å². The normalized spacial score (nSPS) is 11.5. The molecule has 19 heavy (non-hydrogen) atoms. The van der Waals surface area contributed by atoms with Gasteiger partial charge in [0.2, 0.25) is 0 Å². The highest BCUT2D eigenvalue weighted by Gasteiger charge is 2.01. The molecule has 0 amide bonds. The molecular formula is C14H17N3O2. The predicted molar refractivity (Wildman–Crippen MR) is 72.8 cm³/mol. The van der Waals surface area contributed by atoms with E-state index in [2.05, 4.69) is 15.1 Å². The molecule has 0 saturated heterocycles. The molecule has 0 aliphatic rings. The fourth-order valence-corrected chi connectivity index (χ4v) is 1.74. The van der Waals surface area contributed by atoms with Crippen LogP contribution in [-0.2, 0) is 6.42 Å². The fraction of sp³-hybridized carbons (Fsp3) is 0.286. The number of aryl methyl sites for hydroxylation is 1. The van der Waals surface area contributed by atoms with Crippen molar-refractivity contribution in [3.63, 3.8) is 0 Å². The summed E-state index contributed by atoms with van der Waals surface area (Å²) in [5.41, 5.74) is 2.54. The quantitative estimate of drug-likeness (QED) is 0.362. The van der Waals surface area contributed by atoms with Gasteiger partial charge in [-0.25, -0.2) is 4.98 Å². The van der Waals surface area contributed by atoms with Gasteiger partial charge in [-0.3, -0.25) is 0 Å². The summed E-state index contributed by atoms with van der Waals surface area (Å²) >= 11 is 0. The van der Waals surface area contributed by atoms with Gasteiger partial charge in [0, 0.05) is 17.5 Å². The Morgan fingerprint density at radius 1 is 1.47 bits per heavy atom. The first-order valence-corrected chi connectivity index (χ1v) is 6.19. The highest BCUT2D eigenvalue weighted by Crippen LogP contribution is 2.14. The smallest absolute Gasteiger partial charge is 0.119 e. The number of aromatic amines is 1. The zero-order chi connectivity index (χ0) is 13.5. The molecule has 0 bridgehead atoms. The topological polar surface area (TPSA) is 70.5 Å². The van der Waals surface area contributed by atoms with Crippen molar-refractivity contribution >= 4 is 5.71 Å². The molecule has 0 aliphatic carbocycles. The maximum atomic E-state index is 8.74. The number of hydrogen-bond donors (Lipinski definition) is 2. The second-order valence-corrected chi connectivity index (χ2v) is 4.24. The molecule has 1 aromatic carbocycles. The molecular weight excluding hydrogens is 242 g/mol. The highest BCUT2D eigenvalue weighted by molar-refractivity contribution is 5.98. The minimum absolute atomic E-state index is 0.572. The maximum Gasteiger partial charge on any atom is 0.119 e. The summed E-state index contributed by atoms with van der Waals surface area (Å²) in [7, 11) is 0. The van der Waals surface area contributed by atoms with Gasteiger partial charge in [-0.1, -0.05) is 17.3 Å². The van der Waals surface area contributed by atoms with Gasteiger partial charge in [0.1, 0.15) is 5.75 Å². The van der Waals surface area contributed by atoms with E-state index in [1.165, 1.54) is 0 Å². The van der Waals surface area contributed by atoms with Crippen LogP contribution < -0.4 is 4.74 Å². The van der Waals surface area contributed by atoms with Crippen LogP contribution in [0.1, 0.15) is 24.6 Å². The molecule has 0 spiro atoms. The van der Waals surface area contributed by atoms with E-state index in [0.717, 1.165) is 29.8 Å². The van der Waals surface area contributed by atoms with Gasteiger partial charge in [-0.05, 0) is 31.9 Å². The predicted octanol–water partition coefficient (Wildman–Crippen LogP) is 2.62. The Bertz CT molecular complexity index is 535. The van der Waals surface area contributed by atoms with Crippen molar-refractivity contribution in [2.75, 3.05) is 6.61 Å². The van der Waals surface area contributed by atoms with E-state index in [0.29, 0.717) is 12.3 Å². The molecule has 0 fully saturated rings. The third-order valence-corrected chi connectivity index (χ3v) is 2.82. The third kappa shape index (κ3) is 3.84. The third-order valence-electron chi connectivity index (χ3n) is 2.82. The average molecular weight is 259 g/mol. The summed E-state index contributed by atoms with van der Waals surface area (Å²) in [4.78, 5) is 7.02. The number of nitrogens with zero attached hydrogens (tertiary/aromatic N) is 2. The zero-order valence-corrected chi connectivity index (χ0v) is 10.8. The maximum absolute atomic E-state index is 8.74. The Kier molecular flexibility index (Phi) is 4.55. The molecule has 0 saturated carbocycles. The van der Waals surface area contributed by atoms with E-state index in [1.54, 1.807) is 13.3 Å². The van der Waals surface area contributed by atoms with Gasteiger partial charge in [0.05, 0.1) is 18.6 Å². The van der Waals surface area contributed by atoms with E-state index < -0.39 is 0 Å². The molecule has 1 aromatic heterocycles. The van der Waals surface area contributed by atoms with Crippen LogP contribution in [0.25, 0.3) is 0 Å². The lowest BCUT2D eigenvalue weighted by molar-refractivity contribution is 0.310. The molecule has 2 N–H and O–H groups in total. The van der Waals surface area contributed by atoms with Gasteiger partial charge in [0.25, 0.3) is 0 Å². The summed E-state index contributed by atoms with van der Waals surface area (Å²) in [6, 6.07) is 7.52. The molecule has 0 radical (unpaired) electrons. The zero-order valence-electron chi connectivity index (χ0n) is 10.8. The molecule has 0 unspecified atom stereocenters. The lowest BCUT2D eigenvalue weighted by Gasteiger charge is -2.07. The van der Waals surface area contributed by atoms with Gasteiger partial charge >= 0.3 is 0 Å². The van der Waals surface area contributed by atoms with Crippen LogP contribution in [0.4, 0.5) is 0 Å². The van der Waals surface area contributed by atoms with Crippen molar-refractivity contribution in [3.05, 3.63) is 48.0 Å². The minimum atomic E-state index is 0.572. The van der Waals surface area contributed by atoms with Crippen LogP contribution in [0, 0.1) is 0 Å². The van der Waals surface area contributed by atoms with Crippen LogP contribution in [0.15, 0.2) is 41.9 Å². The van der Waals surface area contributed by atoms with Gasteiger partial charge in [-0.15, -0.1) is 0 Å². The first-order valence-electron chi connectivity index (χ1n) is 6.19. The van der Waals surface area contributed by atoms with E-state index in [4.69, 9.17) is 9.94 Å². The number of benzene rings is 1. The molecule has 2 rings (SSSR count). The molecule has 2 aromatic rings. The number of ether oxygens (including phenoxy) is 1. The van der Waals surface area contributed by atoms with Crippen molar-refractivity contribution in [1.29, 1.82) is 0 Å². The minimum Gasteiger partial charge on any atom is -0.494 e. The Morgan fingerprint density at radius 2 is 2.37 bits per heavy atom. The standard InChI is InChI=1S/C14H17N3O2/c1-11(17-18)12-4-2-6-14(8-12)19-7-3-5-13-9-15-10-16-13/h2,4,6,8-10,18H,3,5,7H2,1H3,(H,15,16)/b17-11+. The van der Waals surface area contributed by atoms with Crippen LogP contribution >= 0.6 is 0 Å². The SMILES string of the molecule is C/C(=N\O)c1cccc(OCCCc2cnc[nH]2)c1. The van der Waals surface area contributed by atoms with Gasteiger partial charge < -0.3 is 14.9 Å². The number of rotatable bonds is 6. The number of aromatic nitrogens is 2. The summed E-state index contributed by atoms with van der Waals surface area (Å²) in [6.07, 6.45) is 5.33. The van der Waals surface area contributed by atoms with E-state index in [9.17, 15) is 0 Å². The van der Waals surface area contributed by atoms with Crippen molar-refractivity contribution in [2.24, 2.45) is 5.16 Å². The molecule has 0 aliphatic heterocycles. The largest absolute Gasteiger partial charge is 0.494 e. The van der Waals surface area contributed by atoms with Gasteiger partial charge in [-0.2, -0.15) is 0 Å². The second-order valence-electron chi connectivity index (χ2n) is 4.24. The Morgan fingerprint density at radius 3 is 3.11 bits per heavy atom. The second kappa shape index (κ2) is 6.58. The number of nitrogens with one attached hydrogen (secondary N) is 1. The highest BCUT2D eigenvalue weighted by atomic mass is 16.5. The van der Waals surface area contributed by atoms with E-state index >= 15 is 0 Å². The molecule has 100 valence electrons. The number of H-pyrrole nitrogens is 1. The molecule has 5 heteroatoms. The summed E-state index contributed by atoms with van der Waals surface area (Å²) < 4.78 is 5.67. The molecule has 0 atom stereocenters. The first kappa shape index (κ1) is 13.1. The monoisotopic (exact) mass is 259 g/mol. The number of oxime groups is 1. The van der Waals surface area contributed by atoms with Gasteiger partial charge in [0.15, 0.2) is 0 Å². The van der Waals surface area contributed by atoms with E-state index in [1.807, 2.05) is 30.5 Å². The number of imidazole rings is 1. The fourth-order valence-electron chi connectivity index (χ4n) is 1.74. The van der Waals surface area contributed by atoms with E-state index in [-0.39, 0.29) is 0 Å². The average Bonchev–Trinajstić information content (AvgIpc) is 2.96. The van der Waals surface area contributed by atoms with Crippen molar-refractivity contribution in [3.8, 4) is 5.75 Å².